The van der Waals surface area contributed by atoms with Crippen molar-refractivity contribution in [1.82, 2.24) is 9.97 Å². The maximum Gasteiger partial charge on any atom is 0.126 e. The molecule has 1 aliphatic carbocycles. The third-order valence-electron chi connectivity index (χ3n) is 3.63. The van der Waals surface area contributed by atoms with Crippen LogP contribution in [-0.2, 0) is 18.6 Å². The molecule has 1 aliphatic rings. The minimum Gasteiger partial charge on any atom is -0.238 e. The van der Waals surface area contributed by atoms with Gasteiger partial charge < -0.3 is 0 Å². The zero-order valence-corrected chi connectivity index (χ0v) is 12.3. The molecule has 0 unspecified atom stereocenters. The molecule has 19 heavy (non-hydrogen) atoms. The van der Waals surface area contributed by atoms with Crippen molar-refractivity contribution >= 4 is 11.8 Å². The van der Waals surface area contributed by atoms with Crippen molar-refractivity contribution in [2.75, 3.05) is 0 Å². The molecule has 0 amide bonds. The number of aromatic nitrogens is 2. The van der Waals surface area contributed by atoms with Gasteiger partial charge in [0, 0.05) is 17.0 Å². The fourth-order valence-corrected chi connectivity index (χ4v) is 3.76. The van der Waals surface area contributed by atoms with Gasteiger partial charge in [-0.25, -0.2) is 9.97 Å². The van der Waals surface area contributed by atoms with Crippen LogP contribution in [0.5, 0.6) is 0 Å². The molecule has 2 nitrogen and oxygen atoms in total. The summed E-state index contributed by atoms with van der Waals surface area (Å²) in [6, 6.07) is 8.58. The summed E-state index contributed by atoms with van der Waals surface area (Å²) < 4.78 is 0. The van der Waals surface area contributed by atoms with Crippen LogP contribution >= 0.6 is 11.8 Å². The molecule has 98 valence electrons. The van der Waals surface area contributed by atoms with Crippen LogP contribution in [-0.4, -0.2) is 9.97 Å². The zero-order valence-electron chi connectivity index (χ0n) is 11.4. The van der Waals surface area contributed by atoms with Gasteiger partial charge in [0.25, 0.3) is 0 Å². The maximum absolute atomic E-state index is 4.64. The van der Waals surface area contributed by atoms with Crippen LogP contribution in [0, 0.1) is 13.8 Å². The Morgan fingerprint density at radius 3 is 2.79 bits per heavy atom. The normalized spacial score (nSPS) is 13.6. The van der Waals surface area contributed by atoms with E-state index < -0.39 is 0 Å². The summed E-state index contributed by atoms with van der Waals surface area (Å²) in [5.41, 5.74) is 5.43. The number of hydrogen-bond acceptors (Lipinski definition) is 3. The number of thioether (sulfide) groups is 1. The average molecular weight is 270 g/mol. The lowest BCUT2D eigenvalue weighted by Crippen LogP contribution is -1.99. The second-order valence-electron chi connectivity index (χ2n) is 5.07. The van der Waals surface area contributed by atoms with Crippen LogP contribution in [0.1, 0.15) is 34.6 Å². The molecule has 2 aromatic rings. The third kappa shape index (κ3) is 2.66. The summed E-state index contributed by atoms with van der Waals surface area (Å²) in [5, 5.41) is 1.20. The fraction of sp³-hybridized carbons (Fsp3) is 0.375. The van der Waals surface area contributed by atoms with Crippen molar-refractivity contribution in [3.63, 3.8) is 0 Å². The number of hydrogen-bond donors (Lipinski definition) is 0. The monoisotopic (exact) mass is 270 g/mol. The lowest BCUT2D eigenvalue weighted by Gasteiger charge is -2.09. The molecule has 0 bridgehead atoms. The molecule has 3 rings (SSSR count). The molecule has 3 heteroatoms. The van der Waals surface area contributed by atoms with E-state index in [0.29, 0.717) is 0 Å². The van der Waals surface area contributed by atoms with Crippen LogP contribution in [0.2, 0.25) is 0 Å². The summed E-state index contributed by atoms with van der Waals surface area (Å²) in [7, 11) is 0. The smallest absolute Gasteiger partial charge is 0.126 e. The molecule has 0 saturated heterocycles. The standard InChI is InChI=1S/C16H18N2S/c1-11-6-3-4-7-13(11)10-19-16-14-8-5-9-15(14)17-12(2)18-16/h3-4,6-7H,5,8-10H2,1-2H3. The van der Waals surface area contributed by atoms with Gasteiger partial charge >= 0.3 is 0 Å². The minimum atomic E-state index is 0.910. The number of aryl methyl sites for hydroxylation is 3. The first-order valence-electron chi connectivity index (χ1n) is 6.78. The largest absolute Gasteiger partial charge is 0.238 e. The van der Waals surface area contributed by atoms with Crippen molar-refractivity contribution in [3.05, 3.63) is 52.5 Å². The first-order valence-corrected chi connectivity index (χ1v) is 7.76. The van der Waals surface area contributed by atoms with E-state index in [4.69, 9.17) is 0 Å². The molecule has 0 spiro atoms. The minimum absolute atomic E-state index is 0.910. The van der Waals surface area contributed by atoms with Gasteiger partial charge in [0.05, 0.1) is 0 Å². The van der Waals surface area contributed by atoms with E-state index in [0.717, 1.165) is 24.4 Å². The Bertz CT molecular complexity index is 608. The Hall–Kier alpha value is -1.35. The highest BCUT2D eigenvalue weighted by Crippen LogP contribution is 2.31. The molecule has 1 heterocycles. The highest BCUT2D eigenvalue weighted by molar-refractivity contribution is 7.98. The SMILES string of the molecule is Cc1nc2c(c(SCc3ccccc3C)n1)CCC2. The van der Waals surface area contributed by atoms with Crippen molar-refractivity contribution in [1.29, 1.82) is 0 Å². The van der Waals surface area contributed by atoms with E-state index in [1.165, 1.54) is 33.8 Å². The van der Waals surface area contributed by atoms with Gasteiger partial charge in [0.15, 0.2) is 0 Å². The summed E-state index contributed by atoms with van der Waals surface area (Å²) in [6.45, 7) is 4.17. The fourth-order valence-electron chi connectivity index (χ4n) is 2.55. The first kappa shape index (κ1) is 12.7. The lowest BCUT2D eigenvalue weighted by atomic mass is 10.1. The number of rotatable bonds is 3. The van der Waals surface area contributed by atoms with Gasteiger partial charge in [-0.1, -0.05) is 24.3 Å². The van der Waals surface area contributed by atoms with Crippen molar-refractivity contribution in [2.24, 2.45) is 0 Å². The van der Waals surface area contributed by atoms with Crippen LogP contribution in [0.4, 0.5) is 0 Å². The first-order chi connectivity index (χ1) is 9.24. The molecule has 0 radical (unpaired) electrons. The molecule has 0 fully saturated rings. The van der Waals surface area contributed by atoms with Gasteiger partial charge in [0.1, 0.15) is 10.9 Å². The Balaban J connectivity index is 1.83. The average Bonchev–Trinajstić information content (AvgIpc) is 2.85. The molecule has 1 aromatic heterocycles. The van der Waals surface area contributed by atoms with Crippen LogP contribution in [0.3, 0.4) is 0 Å². The molecular formula is C16H18N2S. The number of nitrogens with zero attached hydrogens (tertiary/aromatic N) is 2. The lowest BCUT2D eigenvalue weighted by molar-refractivity contribution is 0.895. The van der Waals surface area contributed by atoms with Gasteiger partial charge in [-0.15, -0.1) is 11.8 Å². The van der Waals surface area contributed by atoms with Gasteiger partial charge in [-0.3, -0.25) is 0 Å². The third-order valence-corrected chi connectivity index (χ3v) is 4.70. The van der Waals surface area contributed by atoms with Gasteiger partial charge in [-0.2, -0.15) is 0 Å². The quantitative estimate of drug-likeness (QED) is 0.625. The van der Waals surface area contributed by atoms with Crippen molar-refractivity contribution in [3.8, 4) is 0 Å². The highest BCUT2D eigenvalue weighted by Gasteiger charge is 2.18. The Kier molecular flexibility index (Phi) is 3.56. The van der Waals surface area contributed by atoms with E-state index in [1.807, 2.05) is 18.7 Å². The molecule has 0 saturated carbocycles. The zero-order chi connectivity index (χ0) is 13.2. The highest BCUT2D eigenvalue weighted by atomic mass is 32.2. The summed E-state index contributed by atoms with van der Waals surface area (Å²) in [6.07, 6.45) is 3.49. The Labute approximate surface area is 118 Å². The summed E-state index contributed by atoms with van der Waals surface area (Å²) in [5.74, 6) is 1.91. The molecule has 1 aromatic carbocycles. The van der Waals surface area contributed by atoms with E-state index in [-0.39, 0.29) is 0 Å². The predicted octanol–water partition coefficient (Wildman–Crippen LogP) is 3.87. The van der Waals surface area contributed by atoms with Crippen LogP contribution in [0.25, 0.3) is 0 Å². The second-order valence-corrected chi connectivity index (χ2v) is 6.03. The van der Waals surface area contributed by atoms with E-state index in [2.05, 4.69) is 41.2 Å². The second kappa shape index (κ2) is 5.33. The van der Waals surface area contributed by atoms with Gasteiger partial charge in [0.2, 0.25) is 0 Å². The Morgan fingerprint density at radius 1 is 1.11 bits per heavy atom. The van der Waals surface area contributed by atoms with Gasteiger partial charge in [-0.05, 0) is 44.2 Å². The molecule has 0 aliphatic heterocycles. The molecular weight excluding hydrogens is 252 g/mol. The van der Waals surface area contributed by atoms with E-state index >= 15 is 0 Å². The summed E-state index contributed by atoms with van der Waals surface area (Å²) >= 11 is 1.86. The topological polar surface area (TPSA) is 25.8 Å². The number of fused-ring (bicyclic) bond motifs is 1. The number of benzene rings is 1. The maximum atomic E-state index is 4.64. The van der Waals surface area contributed by atoms with E-state index in [1.54, 1.807) is 0 Å². The van der Waals surface area contributed by atoms with Crippen molar-refractivity contribution < 1.29 is 0 Å². The summed E-state index contributed by atoms with van der Waals surface area (Å²) in [4.78, 5) is 9.20. The van der Waals surface area contributed by atoms with Crippen LogP contribution in [0.15, 0.2) is 29.3 Å². The molecule has 0 N–H and O–H groups in total. The van der Waals surface area contributed by atoms with Crippen molar-refractivity contribution in [2.45, 2.75) is 43.9 Å². The van der Waals surface area contributed by atoms with Crippen LogP contribution < -0.4 is 0 Å². The van der Waals surface area contributed by atoms with E-state index in [9.17, 15) is 0 Å². The Morgan fingerprint density at radius 2 is 1.95 bits per heavy atom. The molecule has 0 atom stereocenters. The predicted molar refractivity (Wildman–Crippen MR) is 79.5 cm³/mol.